The quantitative estimate of drug-likeness (QED) is 0.0253. The van der Waals surface area contributed by atoms with E-state index < -0.39 is 7.05 Å². The number of aromatic nitrogens is 16. The van der Waals surface area contributed by atoms with Gasteiger partial charge in [0.05, 0.1) is 66.6 Å². The second-order valence-electron chi connectivity index (χ2n) is 25.5. The summed E-state index contributed by atoms with van der Waals surface area (Å²) < 4.78 is 70.9. The molecule has 0 unspecified atom stereocenters. The fourth-order valence-electron chi connectivity index (χ4n) is 11.9. The Morgan fingerprint density at radius 3 is 1.14 bits per heavy atom. The number of halogens is 10. The zero-order chi connectivity index (χ0) is 82.9. The molecule has 12 aromatic rings. The smallest absolute Gasteiger partial charge is 0.512 e. The molecular weight excluding hydrogens is 1670 g/mol. The van der Waals surface area contributed by atoms with Gasteiger partial charge >= 0.3 is 73.2 Å². The summed E-state index contributed by atoms with van der Waals surface area (Å²) in [5.74, 6) is 8.79. The van der Waals surface area contributed by atoms with Crippen molar-refractivity contribution < 1.29 is 96.2 Å². The number of nitrogens with one attached hydrogen (secondary N) is 2. The second kappa shape index (κ2) is 52.1. The van der Waals surface area contributed by atoms with Gasteiger partial charge in [-0.05, 0) is 134 Å². The minimum atomic E-state index is -0.445. The summed E-state index contributed by atoms with van der Waals surface area (Å²) in [6.45, 7) is 31.4. The molecule has 0 saturated carbocycles. The first-order chi connectivity index (χ1) is 54.3. The van der Waals surface area contributed by atoms with Crippen molar-refractivity contribution in [2.24, 2.45) is 28.5 Å². The minimum Gasteiger partial charge on any atom is -0.512 e. The number of nitrogens with two attached hydrogens (primary N) is 4. The Bertz CT molecular complexity index is 5120. The number of hydrazine groups is 1. The van der Waals surface area contributed by atoms with Crippen LogP contribution in [-0.4, -0.2) is 251 Å². The molecule has 4 aliphatic rings. The van der Waals surface area contributed by atoms with Crippen molar-refractivity contribution in [1.29, 1.82) is 5.26 Å². The van der Waals surface area contributed by atoms with Gasteiger partial charge in [0.15, 0.2) is 32.9 Å². The molecule has 0 aliphatic carbocycles. The molecule has 621 valence electrons. The van der Waals surface area contributed by atoms with Gasteiger partial charge in [0, 0.05) is 164 Å². The Kier molecular flexibility index (Phi) is 47.2. The molecule has 4 aliphatic heterocycles. The van der Waals surface area contributed by atoms with E-state index >= 15 is 0 Å². The van der Waals surface area contributed by atoms with E-state index in [1.165, 1.54) is 30.3 Å². The third-order valence-corrected chi connectivity index (χ3v) is 18.9. The second-order valence-corrected chi connectivity index (χ2v) is 26.6. The molecule has 50 heteroatoms. The monoisotopic (exact) mass is 1750 g/mol. The van der Waals surface area contributed by atoms with Gasteiger partial charge < -0.3 is 88.4 Å². The van der Waals surface area contributed by atoms with Crippen LogP contribution in [0.15, 0.2) is 66.0 Å². The average molecular weight is 1760 g/mol. The first-order valence-electron chi connectivity index (χ1n) is 35.1. The van der Waals surface area contributed by atoms with Crippen molar-refractivity contribution in [1.82, 2.24) is 105 Å². The van der Waals surface area contributed by atoms with Crippen LogP contribution in [0.1, 0.15) is 39.2 Å². The van der Waals surface area contributed by atoms with Crippen LogP contribution >= 0.6 is 59.6 Å². The first-order valence-corrected chi connectivity index (χ1v) is 36.2. The number of likely N-dealkylation sites (N-methyl/N-ethyl adjacent to an activating group) is 1. The maximum Gasteiger partial charge on any atom is 1.00 e. The minimum absolute atomic E-state index is 0. The number of fused-ring (bicyclic) bond motifs is 9. The molecule has 118 heavy (non-hydrogen) atoms. The molecule has 0 amide bonds. The zero-order valence-corrected chi connectivity index (χ0v) is 74.7. The van der Waals surface area contributed by atoms with Gasteiger partial charge in [-0.25, -0.2) is 61.8 Å². The van der Waals surface area contributed by atoms with E-state index in [0.717, 1.165) is 135 Å². The molecule has 11 heterocycles. The normalized spacial score (nSPS) is 13.7. The summed E-state index contributed by atoms with van der Waals surface area (Å²) in [4.78, 5) is 55.5. The molecular formula is C68H88B3Cl5F5N30Na2O5. The van der Waals surface area contributed by atoms with E-state index in [1.807, 2.05) is 11.6 Å². The molecule has 16 rings (SSSR count). The van der Waals surface area contributed by atoms with E-state index in [2.05, 4.69) is 120 Å². The van der Waals surface area contributed by atoms with Crippen LogP contribution in [0, 0.1) is 85.7 Å². The molecule has 0 spiro atoms. The molecule has 0 atom stereocenters. The van der Waals surface area contributed by atoms with E-state index in [1.54, 1.807) is 80.8 Å². The Labute approximate surface area is 751 Å². The maximum atomic E-state index is 13.9. The molecule has 4 fully saturated rings. The summed E-state index contributed by atoms with van der Waals surface area (Å²) >= 11 is 17.2. The van der Waals surface area contributed by atoms with Gasteiger partial charge in [0.25, 0.3) is 0 Å². The van der Waals surface area contributed by atoms with Crippen LogP contribution < -0.4 is 108 Å². The van der Waals surface area contributed by atoms with Crippen molar-refractivity contribution in [2.45, 2.75) is 61.4 Å². The summed E-state index contributed by atoms with van der Waals surface area (Å²) in [7, 11) is 2.39. The van der Waals surface area contributed by atoms with Crippen LogP contribution in [0.5, 0.6) is 0 Å². The largest absolute Gasteiger partial charge is 1.00 e. The van der Waals surface area contributed by atoms with Gasteiger partial charge in [-0.3, -0.25) is 11.7 Å². The number of aliphatic hydroxyl groups excluding tert-OH is 1. The summed E-state index contributed by atoms with van der Waals surface area (Å²) in [5, 5.41) is 71.6. The number of nitrogens with zero attached hydrogens (tertiary/aromatic N) is 24. The number of benzene rings is 5. The topological polar surface area (TPSA) is 474 Å². The third kappa shape index (κ3) is 27.9. The molecule has 35 nitrogen and oxygen atoms in total. The first kappa shape index (κ1) is 107. The maximum absolute atomic E-state index is 13.9. The Morgan fingerprint density at radius 2 is 0.763 bits per heavy atom. The van der Waals surface area contributed by atoms with Crippen molar-refractivity contribution >= 4 is 166 Å². The number of anilines is 3. The average Bonchev–Trinajstić information content (AvgIpc) is 1.53. The van der Waals surface area contributed by atoms with Crippen molar-refractivity contribution in [2.75, 3.05) is 134 Å². The van der Waals surface area contributed by atoms with Crippen molar-refractivity contribution in [3.8, 4) is 0 Å². The number of rotatable bonds is 7. The molecule has 7 aromatic heterocycles. The summed E-state index contributed by atoms with van der Waals surface area (Å²) in [6.07, 6.45) is 0. The Morgan fingerprint density at radius 1 is 0.475 bits per heavy atom. The number of aliphatic hydroxyl groups is 1. The van der Waals surface area contributed by atoms with E-state index in [4.69, 9.17) is 83.3 Å². The summed E-state index contributed by atoms with van der Waals surface area (Å²) in [5.41, 5.74) is 22.0. The fraction of sp³-hybridized carbons (Fsp3) is 0.397. The predicted octanol–water partition coefficient (Wildman–Crippen LogP) is -0.00973. The third-order valence-electron chi connectivity index (χ3n) is 18.0. The molecule has 13 N–H and O–H groups in total. The van der Waals surface area contributed by atoms with E-state index in [0.29, 0.717) is 106 Å². The van der Waals surface area contributed by atoms with Crippen LogP contribution in [0.3, 0.4) is 0 Å². The predicted molar refractivity (Wildman–Crippen MR) is 447 cm³/mol. The van der Waals surface area contributed by atoms with Crippen LogP contribution in [0.25, 0.3) is 66.5 Å². The SMILES string of the molecule is CB(O)N1CCN(c2nc3cc(C)c(F)cc3nc2CN)CC1.CB(O)N1CCNCC1.CO.Cc1cc2nc(Cl)c(CN)nc2cc1F.Cc1cc2nc(Cl)c(Cl)nc2cc1F.Cc1cc2nc(N3CCN(C)CC3)c3nnnn3c2cc1F.Cc1cc2nc(N3CCNCC3)c3nnnn3c2cc1F.Cl.Cl.NN.O=N[O-].[B].[C-]#N.[Na+].[Na+]. The number of hydrogen-bond acceptors (Lipinski definition) is 33. The van der Waals surface area contributed by atoms with Gasteiger partial charge in [-0.1, -0.05) is 34.8 Å². The zero-order valence-electron chi connectivity index (χ0n) is 66.8. The van der Waals surface area contributed by atoms with Crippen LogP contribution in [-0.2, 0) is 13.1 Å². The number of hydrogen-bond donors (Lipinski definition) is 9. The molecule has 5 aromatic carbocycles. The number of piperazine rings is 4. The Balaban J connectivity index is 0.000000475. The molecule has 3 radical (unpaired) electrons. The standard InChI is InChI=1S/C15H21BFN5O.C14H16FN7.C13H14FN7.C10H9ClFN3.C9H5Cl2FN2.C5H13BN2O.CN.CH4O.B.2ClH.H4N2.HNO2.2Na/c1-10-7-12-13(8-11(10)17)19-14(9-18)15(20-12)21-3-5-22(6-4-21)16(2)23;1-9-7-11-12(8-10(9)15)22-14(17-18-19-22)13(16-11)21-5-3-20(2)4-6-21;1-8-6-10-11(7-9(8)14)21-13(17-18-19-21)12(16-10)20-4-2-15-3-5-20;1-5-2-7-8(3-6(5)12)14-9(4-13)10(11)15-7;1-4-2-6-7(3-5(4)12)14-9(11)8(10)13-6;1-6(9)8-4-2-7-3-5-8;2*1-2;;;;1-2;2-1-3;;/h7-8,23H,3-6,9,18H2,1-2H3;7-8H,3-6H2,1-2H3;6-7,15H,2-5H2,1H3;2-3H,4,13H2,1H3;2-3H,1H3;7,9H,2-5H2,1H3;;2H,1H3;;2*1H;1-2H2;(H,2,3);;/q;;;;;;-1;;;;;;;2*+1/p-1. The van der Waals surface area contributed by atoms with Crippen LogP contribution in [0.4, 0.5) is 39.4 Å². The van der Waals surface area contributed by atoms with Gasteiger partial charge in [0.1, 0.15) is 29.1 Å². The van der Waals surface area contributed by atoms with Crippen molar-refractivity contribution in [3.63, 3.8) is 0 Å². The van der Waals surface area contributed by atoms with Crippen molar-refractivity contribution in [3.05, 3.63) is 161 Å². The fourth-order valence-corrected chi connectivity index (χ4v) is 12.4. The van der Waals surface area contributed by atoms with Gasteiger partial charge in [0.2, 0.25) is 11.3 Å². The van der Waals surface area contributed by atoms with E-state index in [9.17, 15) is 27.0 Å². The van der Waals surface area contributed by atoms with E-state index in [-0.39, 0.29) is 157 Å². The number of aryl methyl sites for hydroxylation is 5. The Hall–Kier alpha value is -7.30. The number of tetrazole rings is 2. The summed E-state index contributed by atoms with van der Waals surface area (Å²) in [6, 6.07) is 15.3. The van der Waals surface area contributed by atoms with Gasteiger partial charge in [-0.2, -0.15) is 9.03 Å². The van der Waals surface area contributed by atoms with Gasteiger partial charge in [-0.15, -0.1) is 40.4 Å². The van der Waals surface area contributed by atoms with Crippen LogP contribution in [0.2, 0.25) is 29.1 Å². The molecule has 0 bridgehead atoms. The molecule has 4 saturated heterocycles.